The average molecular weight is 389 g/mol. The van der Waals surface area contributed by atoms with Crippen LogP contribution in [0.15, 0.2) is 28.4 Å². The van der Waals surface area contributed by atoms with Crippen molar-refractivity contribution >= 4 is 62.9 Å². The monoisotopic (exact) mass is 388 g/mol. The number of aryl methyl sites for hydroxylation is 1. The van der Waals surface area contributed by atoms with Gasteiger partial charge in [0.05, 0.1) is 17.3 Å². The second-order valence-electron chi connectivity index (χ2n) is 4.35. The Morgan fingerprint density at radius 2 is 2.13 bits per heavy atom. The van der Waals surface area contributed by atoms with E-state index in [2.05, 4.69) is 15.3 Å². The van der Waals surface area contributed by atoms with Crippen LogP contribution in [0.25, 0.3) is 0 Å². The maximum atomic E-state index is 6.10. The summed E-state index contributed by atoms with van der Waals surface area (Å²) in [6.07, 6.45) is 1.88. The lowest BCUT2D eigenvalue weighted by atomic mass is 10.3. The molecule has 0 aliphatic rings. The van der Waals surface area contributed by atoms with Crippen molar-refractivity contribution < 1.29 is 4.74 Å². The van der Waals surface area contributed by atoms with Crippen LogP contribution >= 0.6 is 47.2 Å². The number of hydrogen-bond acceptors (Lipinski definition) is 6. The molecule has 0 spiro atoms. The van der Waals surface area contributed by atoms with E-state index in [1.54, 1.807) is 22.9 Å². The Balaban J connectivity index is 2.44. The summed E-state index contributed by atoms with van der Waals surface area (Å²) in [6, 6.07) is 5.01. The SMILES string of the molecule is CCOc1c(N=Nc2ccc(Cl)cc2Cl)c(C)nn1C(=S)SC. The van der Waals surface area contributed by atoms with Crippen molar-refractivity contribution in [2.45, 2.75) is 13.8 Å². The molecule has 1 heterocycles. The summed E-state index contributed by atoms with van der Waals surface area (Å²) < 4.78 is 7.77. The molecule has 23 heavy (non-hydrogen) atoms. The molecule has 2 aromatic rings. The van der Waals surface area contributed by atoms with E-state index in [-0.39, 0.29) is 0 Å². The highest BCUT2D eigenvalue weighted by atomic mass is 35.5. The second-order valence-corrected chi connectivity index (χ2v) is 6.63. The Morgan fingerprint density at radius 3 is 2.74 bits per heavy atom. The van der Waals surface area contributed by atoms with Crippen LogP contribution in [0.2, 0.25) is 10.0 Å². The van der Waals surface area contributed by atoms with Crippen LogP contribution in [0.5, 0.6) is 5.88 Å². The molecular formula is C14H14Cl2N4OS2. The van der Waals surface area contributed by atoms with E-state index in [4.69, 9.17) is 40.2 Å². The van der Waals surface area contributed by atoms with Crippen molar-refractivity contribution in [2.24, 2.45) is 10.2 Å². The van der Waals surface area contributed by atoms with Crippen LogP contribution < -0.4 is 4.74 Å². The number of halogens is 2. The van der Waals surface area contributed by atoms with E-state index in [1.807, 2.05) is 20.1 Å². The third-order valence-electron chi connectivity index (χ3n) is 2.78. The van der Waals surface area contributed by atoms with Crippen molar-refractivity contribution in [2.75, 3.05) is 12.9 Å². The summed E-state index contributed by atoms with van der Waals surface area (Å²) >= 11 is 18.7. The Labute approximate surface area is 154 Å². The third-order valence-corrected chi connectivity index (χ3v) is 4.52. The Kier molecular flexibility index (Phi) is 6.41. The molecule has 0 aliphatic heterocycles. The standard InChI is InChI=1S/C14H14Cl2N4OS2/c1-4-21-13-12(8(2)19-20(13)14(22)23-3)18-17-11-6-5-9(15)7-10(11)16/h5-7H,4H2,1-3H3. The Bertz CT molecular complexity index is 761. The van der Waals surface area contributed by atoms with Crippen LogP contribution in [-0.2, 0) is 0 Å². The lowest BCUT2D eigenvalue weighted by Gasteiger charge is -2.07. The Hall–Kier alpha value is -1.15. The zero-order chi connectivity index (χ0) is 17.0. The van der Waals surface area contributed by atoms with Crippen molar-refractivity contribution in [3.05, 3.63) is 33.9 Å². The van der Waals surface area contributed by atoms with Gasteiger partial charge in [0.1, 0.15) is 5.69 Å². The number of thioether (sulfide) groups is 1. The first-order valence-electron chi connectivity index (χ1n) is 6.65. The summed E-state index contributed by atoms with van der Waals surface area (Å²) in [5.74, 6) is 0.471. The lowest BCUT2D eigenvalue weighted by Crippen LogP contribution is -2.09. The van der Waals surface area contributed by atoms with E-state index in [1.165, 1.54) is 11.8 Å². The molecule has 0 amide bonds. The molecule has 1 aromatic carbocycles. The summed E-state index contributed by atoms with van der Waals surface area (Å²) in [6.45, 7) is 4.16. The molecule has 122 valence electrons. The summed E-state index contributed by atoms with van der Waals surface area (Å²) in [5.41, 5.74) is 1.70. The maximum absolute atomic E-state index is 6.10. The average Bonchev–Trinajstić information content (AvgIpc) is 2.82. The van der Waals surface area contributed by atoms with Crippen LogP contribution in [0, 0.1) is 6.92 Å². The van der Waals surface area contributed by atoms with Crippen molar-refractivity contribution in [1.82, 2.24) is 9.78 Å². The van der Waals surface area contributed by atoms with Crippen LogP contribution in [0.1, 0.15) is 12.6 Å². The molecule has 0 saturated carbocycles. The number of rotatable bonds is 4. The molecule has 0 radical (unpaired) electrons. The van der Waals surface area contributed by atoms with E-state index < -0.39 is 0 Å². The van der Waals surface area contributed by atoms with E-state index in [9.17, 15) is 0 Å². The largest absolute Gasteiger partial charge is 0.476 e. The van der Waals surface area contributed by atoms with Crippen molar-refractivity contribution in [1.29, 1.82) is 0 Å². The number of nitrogens with zero attached hydrogens (tertiary/aromatic N) is 4. The van der Waals surface area contributed by atoms with Crippen LogP contribution in [0.3, 0.4) is 0 Å². The van der Waals surface area contributed by atoms with Gasteiger partial charge in [-0.1, -0.05) is 47.2 Å². The molecule has 9 heteroatoms. The fourth-order valence-electron chi connectivity index (χ4n) is 1.76. The number of aromatic nitrogens is 2. The topological polar surface area (TPSA) is 51.8 Å². The molecule has 0 bridgehead atoms. The quantitative estimate of drug-likeness (QED) is 0.489. The van der Waals surface area contributed by atoms with Gasteiger partial charge >= 0.3 is 0 Å². The maximum Gasteiger partial charge on any atom is 0.246 e. The summed E-state index contributed by atoms with van der Waals surface area (Å²) in [5, 5.41) is 13.7. The molecular weight excluding hydrogens is 375 g/mol. The highest BCUT2D eigenvalue weighted by Crippen LogP contribution is 2.35. The second kappa shape index (κ2) is 8.10. The normalized spacial score (nSPS) is 11.2. The highest BCUT2D eigenvalue weighted by Gasteiger charge is 2.19. The summed E-state index contributed by atoms with van der Waals surface area (Å²) in [4.78, 5) is 0. The number of azo groups is 1. The third kappa shape index (κ3) is 4.23. The van der Waals surface area contributed by atoms with Crippen LogP contribution in [-0.4, -0.2) is 27.0 Å². The van der Waals surface area contributed by atoms with Gasteiger partial charge in [0.25, 0.3) is 0 Å². The van der Waals surface area contributed by atoms with Gasteiger partial charge in [0, 0.05) is 5.02 Å². The van der Waals surface area contributed by atoms with Crippen molar-refractivity contribution in [3.8, 4) is 5.88 Å². The molecule has 0 atom stereocenters. The van der Waals surface area contributed by atoms with Gasteiger partial charge in [0.2, 0.25) is 5.88 Å². The number of thiocarbonyl (C=S) groups is 1. The fraction of sp³-hybridized carbons (Fsp3) is 0.286. The molecule has 2 rings (SSSR count). The zero-order valence-electron chi connectivity index (χ0n) is 12.7. The molecule has 0 saturated heterocycles. The first-order valence-corrected chi connectivity index (χ1v) is 9.04. The number of ether oxygens (including phenoxy) is 1. The van der Waals surface area contributed by atoms with E-state index >= 15 is 0 Å². The number of benzene rings is 1. The van der Waals surface area contributed by atoms with Gasteiger partial charge in [-0.15, -0.1) is 10.2 Å². The highest BCUT2D eigenvalue weighted by molar-refractivity contribution is 8.22. The molecule has 5 nitrogen and oxygen atoms in total. The van der Waals surface area contributed by atoms with Crippen molar-refractivity contribution in [3.63, 3.8) is 0 Å². The van der Waals surface area contributed by atoms with Gasteiger partial charge < -0.3 is 4.74 Å². The minimum absolute atomic E-state index is 0.420. The van der Waals surface area contributed by atoms with Crippen LogP contribution in [0.4, 0.5) is 11.4 Å². The molecule has 0 fully saturated rings. The predicted molar refractivity (Wildman–Crippen MR) is 100 cm³/mol. The minimum Gasteiger partial charge on any atom is -0.476 e. The van der Waals surface area contributed by atoms with E-state index in [0.717, 1.165) is 0 Å². The molecule has 0 unspecified atom stereocenters. The molecule has 0 aliphatic carbocycles. The van der Waals surface area contributed by atoms with Gasteiger partial charge in [-0.2, -0.15) is 9.78 Å². The van der Waals surface area contributed by atoms with Gasteiger partial charge in [0.15, 0.2) is 10.0 Å². The van der Waals surface area contributed by atoms with Gasteiger partial charge in [-0.25, -0.2) is 0 Å². The molecule has 0 N–H and O–H groups in total. The molecule has 1 aromatic heterocycles. The minimum atomic E-state index is 0.420. The lowest BCUT2D eigenvalue weighted by molar-refractivity contribution is 0.321. The predicted octanol–water partition coefficient (Wildman–Crippen LogP) is 5.81. The zero-order valence-corrected chi connectivity index (χ0v) is 15.9. The van der Waals surface area contributed by atoms with Gasteiger partial charge in [-0.3, -0.25) is 0 Å². The fourth-order valence-corrected chi connectivity index (χ4v) is 2.62. The first kappa shape index (κ1) is 18.2. The smallest absolute Gasteiger partial charge is 0.246 e. The van der Waals surface area contributed by atoms with E-state index in [0.29, 0.717) is 43.9 Å². The Morgan fingerprint density at radius 1 is 1.39 bits per heavy atom. The number of hydrogen-bond donors (Lipinski definition) is 0. The summed E-state index contributed by atoms with van der Waals surface area (Å²) in [7, 11) is 0. The first-order chi connectivity index (χ1) is 11.0. The van der Waals surface area contributed by atoms with Gasteiger partial charge in [-0.05, 0) is 38.3 Å².